The first-order chi connectivity index (χ1) is 8.29. The molecular formula is C14H7NO2. The molecule has 0 saturated heterocycles. The standard InChI is InChI=1S/C14H7NO2/c15-8-9-5-6-13-12(7-9)10-3-1-2-4-11(10)14(16)17-13/h1-7H. The van der Waals surface area contributed by atoms with Crippen LogP contribution in [-0.2, 0) is 0 Å². The molecule has 0 N–H and O–H groups in total. The summed E-state index contributed by atoms with van der Waals surface area (Å²) in [5.74, 6) is 0. The molecule has 1 heterocycles. The highest BCUT2D eigenvalue weighted by atomic mass is 16.4. The SMILES string of the molecule is N#Cc1ccc2oc(=O)c3ccccc3c2c1. The molecule has 1 aromatic heterocycles. The number of fused-ring (bicyclic) bond motifs is 3. The zero-order valence-electron chi connectivity index (χ0n) is 8.81. The van der Waals surface area contributed by atoms with Gasteiger partial charge < -0.3 is 4.42 Å². The molecule has 3 heteroatoms. The molecule has 0 aliphatic heterocycles. The molecule has 0 amide bonds. The molecule has 3 rings (SSSR count). The summed E-state index contributed by atoms with van der Waals surface area (Å²) < 4.78 is 5.21. The average Bonchev–Trinajstić information content (AvgIpc) is 2.39. The van der Waals surface area contributed by atoms with Gasteiger partial charge in [0, 0.05) is 5.39 Å². The first-order valence-electron chi connectivity index (χ1n) is 5.15. The van der Waals surface area contributed by atoms with Gasteiger partial charge in [0.05, 0.1) is 17.0 Å². The van der Waals surface area contributed by atoms with Gasteiger partial charge in [0.15, 0.2) is 0 Å². The minimum atomic E-state index is -0.349. The highest BCUT2D eigenvalue weighted by Crippen LogP contribution is 2.23. The summed E-state index contributed by atoms with van der Waals surface area (Å²) >= 11 is 0. The van der Waals surface area contributed by atoms with Crippen molar-refractivity contribution in [1.82, 2.24) is 0 Å². The third-order valence-electron chi connectivity index (χ3n) is 2.75. The molecular weight excluding hydrogens is 214 g/mol. The Bertz CT molecular complexity index is 825. The van der Waals surface area contributed by atoms with E-state index in [2.05, 4.69) is 6.07 Å². The van der Waals surface area contributed by atoms with Crippen molar-refractivity contribution in [2.75, 3.05) is 0 Å². The average molecular weight is 221 g/mol. The van der Waals surface area contributed by atoms with Crippen LogP contribution >= 0.6 is 0 Å². The van der Waals surface area contributed by atoms with Gasteiger partial charge in [-0.15, -0.1) is 0 Å². The number of nitrogens with zero attached hydrogens (tertiary/aromatic N) is 1. The molecule has 80 valence electrons. The van der Waals surface area contributed by atoms with Crippen molar-refractivity contribution >= 4 is 21.7 Å². The Hall–Kier alpha value is -2.60. The topological polar surface area (TPSA) is 54.0 Å². The number of rotatable bonds is 0. The fraction of sp³-hybridized carbons (Fsp3) is 0. The molecule has 0 unspecified atom stereocenters. The Balaban J connectivity index is 2.61. The van der Waals surface area contributed by atoms with Gasteiger partial charge in [0.25, 0.3) is 0 Å². The molecule has 0 aliphatic carbocycles. The van der Waals surface area contributed by atoms with Gasteiger partial charge in [-0.25, -0.2) is 4.79 Å². The van der Waals surface area contributed by atoms with E-state index in [-0.39, 0.29) is 5.63 Å². The van der Waals surface area contributed by atoms with Crippen molar-refractivity contribution in [1.29, 1.82) is 5.26 Å². The second-order valence-electron chi connectivity index (χ2n) is 3.76. The highest BCUT2D eigenvalue weighted by Gasteiger charge is 2.06. The molecule has 0 saturated carbocycles. The third kappa shape index (κ3) is 1.39. The maximum atomic E-state index is 11.7. The van der Waals surface area contributed by atoms with E-state index < -0.39 is 0 Å². The summed E-state index contributed by atoms with van der Waals surface area (Å²) in [4.78, 5) is 11.7. The molecule has 3 nitrogen and oxygen atoms in total. The van der Waals surface area contributed by atoms with Crippen molar-refractivity contribution in [2.45, 2.75) is 0 Å². The van der Waals surface area contributed by atoms with Gasteiger partial charge in [-0.2, -0.15) is 5.26 Å². The molecule has 0 fully saturated rings. The second kappa shape index (κ2) is 3.46. The molecule has 0 spiro atoms. The van der Waals surface area contributed by atoms with Crippen molar-refractivity contribution < 1.29 is 4.42 Å². The van der Waals surface area contributed by atoms with Crippen molar-refractivity contribution in [3.63, 3.8) is 0 Å². The van der Waals surface area contributed by atoms with Crippen LogP contribution in [0.15, 0.2) is 51.7 Å². The smallest absolute Gasteiger partial charge is 0.344 e. The monoisotopic (exact) mass is 221 g/mol. The lowest BCUT2D eigenvalue weighted by atomic mass is 10.1. The van der Waals surface area contributed by atoms with Crippen LogP contribution in [0.2, 0.25) is 0 Å². The molecule has 0 aliphatic rings. The lowest BCUT2D eigenvalue weighted by Gasteiger charge is -2.01. The lowest BCUT2D eigenvalue weighted by molar-refractivity contribution is 0.569. The van der Waals surface area contributed by atoms with E-state index >= 15 is 0 Å². The Morgan fingerprint density at radius 2 is 1.76 bits per heavy atom. The fourth-order valence-electron chi connectivity index (χ4n) is 1.95. The van der Waals surface area contributed by atoms with Gasteiger partial charge in [-0.1, -0.05) is 18.2 Å². The number of hydrogen-bond acceptors (Lipinski definition) is 3. The van der Waals surface area contributed by atoms with Crippen LogP contribution in [0, 0.1) is 11.3 Å². The lowest BCUT2D eigenvalue weighted by Crippen LogP contribution is -1.99. The van der Waals surface area contributed by atoms with Gasteiger partial charge in [-0.3, -0.25) is 0 Å². The summed E-state index contributed by atoms with van der Waals surface area (Å²) in [6, 6.07) is 14.3. The number of benzene rings is 2. The Morgan fingerprint density at radius 3 is 2.53 bits per heavy atom. The second-order valence-corrected chi connectivity index (χ2v) is 3.76. The van der Waals surface area contributed by atoms with E-state index in [1.807, 2.05) is 12.1 Å². The Kier molecular flexibility index (Phi) is 1.96. The predicted octanol–water partition coefficient (Wildman–Crippen LogP) is 2.82. The number of nitriles is 1. The van der Waals surface area contributed by atoms with Gasteiger partial charge >= 0.3 is 5.63 Å². The van der Waals surface area contributed by atoms with Crippen LogP contribution in [0.4, 0.5) is 0 Å². The molecule has 0 radical (unpaired) electrons. The summed E-state index contributed by atoms with van der Waals surface area (Å²) in [6.45, 7) is 0. The van der Waals surface area contributed by atoms with E-state index in [0.717, 1.165) is 10.8 Å². The first-order valence-corrected chi connectivity index (χ1v) is 5.15. The van der Waals surface area contributed by atoms with Crippen molar-refractivity contribution in [3.8, 4) is 6.07 Å². The molecule has 17 heavy (non-hydrogen) atoms. The number of hydrogen-bond donors (Lipinski definition) is 0. The normalized spacial score (nSPS) is 10.5. The van der Waals surface area contributed by atoms with Crippen LogP contribution in [-0.4, -0.2) is 0 Å². The van der Waals surface area contributed by atoms with Crippen LogP contribution in [0.5, 0.6) is 0 Å². The zero-order valence-corrected chi connectivity index (χ0v) is 8.81. The van der Waals surface area contributed by atoms with Crippen molar-refractivity contribution in [3.05, 3.63) is 58.4 Å². The van der Waals surface area contributed by atoms with E-state index in [9.17, 15) is 4.79 Å². The van der Waals surface area contributed by atoms with Gasteiger partial charge in [0.1, 0.15) is 5.58 Å². The summed E-state index contributed by atoms with van der Waals surface area (Å²) in [5, 5.41) is 11.0. The van der Waals surface area contributed by atoms with Crippen LogP contribution in [0.25, 0.3) is 21.7 Å². The minimum absolute atomic E-state index is 0.349. The van der Waals surface area contributed by atoms with E-state index in [0.29, 0.717) is 16.5 Å². The van der Waals surface area contributed by atoms with Crippen LogP contribution in [0.3, 0.4) is 0 Å². The Labute approximate surface area is 96.5 Å². The largest absolute Gasteiger partial charge is 0.422 e. The maximum absolute atomic E-state index is 11.7. The quantitative estimate of drug-likeness (QED) is 0.433. The molecule has 3 aromatic rings. The predicted molar refractivity (Wildman–Crippen MR) is 64.7 cm³/mol. The van der Waals surface area contributed by atoms with Gasteiger partial charge in [-0.05, 0) is 29.7 Å². The highest BCUT2D eigenvalue weighted by molar-refractivity contribution is 6.04. The summed E-state index contributed by atoms with van der Waals surface area (Å²) in [7, 11) is 0. The van der Waals surface area contributed by atoms with E-state index in [1.54, 1.807) is 30.3 Å². The Morgan fingerprint density at radius 1 is 1.00 bits per heavy atom. The summed E-state index contributed by atoms with van der Waals surface area (Å²) in [6.07, 6.45) is 0. The maximum Gasteiger partial charge on any atom is 0.344 e. The van der Waals surface area contributed by atoms with Gasteiger partial charge in [0.2, 0.25) is 0 Å². The minimum Gasteiger partial charge on any atom is -0.422 e. The summed E-state index contributed by atoms with van der Waals surface area (Å²) in [5.41, 5.74) is 0.710. The van der Waals surface area contributed by atoms with E-state index in [4.69, 9.17) is 9.68 Å². The molecule has 2 aromatic carbocycles. The first kappa shape index (κ1) is 9.61. The van der Waals surface area contributed by atoms with Crippen LogP contribution < -0.4 is 5.63 Å². The zero-order chi connectivity index (χ0) is 11.8. The third-order valence-corrected chi connectivity index (χ3v) is 2.75. The fourth-order valence-corrected chi connectivity index (χ4v) is 1.95. The van der Waals surface area contributed by atoms with Crippen molar-refractivity contribution in [2.24, 2.45) is 0 Å². The molecule has 0 atom stereocenters. The molecule has 0 bridgehead atoms. The van der Waals surface area contributed by atoms with E-state index in [1.165, 1.54) is 0 Å². The van der Waals surface area contributed by atoms with Crippen LogP contribution in [0.1, 0.15) is 5.56 Å².